The second-order valence-corrected chi connectivity index (χ2v) is 4.92. The monoisotopic (exact) mass is 335 g/mol. The summed E-state index contributed by atoms with van der Waals surface area (Å²) in [5.41, 5.74) is 1.51. The Bertz CT molecular complexity index is 832. The lowest BCUT2D eigenvalue weighted by atomic mass is 10.1. The maximum absolute atomic E-state index is 13.2. The Kier molecular flexibility index (Phi) is 2.98. The molecule has 0 fully saturated rings. The zero-order valence-corrected chi connectivity index (χ0v) is 11.5. The van der Waals surface area contributed by atoms with Gasteiger partial charge in [-0.15, -0.1) is 0 Å². The summed E-state index contributed by atoms with van der Waals surface area (Å²) in [6.45, 7) is 0. The van der Waals surface area contributed by atoms with Gasteiger partial charge in [-0.05, 0) is 34.1 Å². The Morgan fingerprint density at radius 3 is 2.95 bits per heavy atom. The minimum absolute atomic E-state index is 0.127. The van der Waals surface area contributed by atoms with Crippen molar-refractivity contribution in [2.75, 3.05) is 0 Å². The molecule has 3 aromatic rings. The van der Waals surface area contributed by atoms with Crippen molar-refractivity contribution < 1.29 is 14.3 Å². The molecule has 1 N–H and O–H groups in total. The number of carboxylic acids is 1. The second-order valence-electron chi connectivity index (χ2n) is 4.07. The van der Waals surface area contributed by atoms with Gasteiger partial charge in [-0.25, -0.2) is 19.2 Å². The summed E-state index contributed by atoms with van der Waals surface area (Å²) in [5.74, 6) is -1.80. The van der Waals surface area contributed by atoms with E-state index >= 15 is 0 Å². The van der Waals surface area contributed by atoms with Crippen LogP contribution in [0.15, 0.2) is 41.4 Å². The average Bonchev–Trinajstić information content (AvgIpc) is 2.77. The van der Waals surface area contributed by atoms with Crippen LogP contribution >= 0.6 is 15.9 Å². The van der Waals surface area contributed by atoms with E-state index in [1.807, 2.05) is 0 Å². The van der Waals surface area contributed by atoms with E-state index in [0.29, 0.717) is 21.2 Å². The van der Waals surface area contributed by atoms with E-state index < -0.39 is 11.8 Å². The third kappa shape index (κ3) is 1.96. The first kappa shape index (κ1) is 12.7. The summed E-state index contributed by atoms with van der Waals surface area (Å²) in [7, 11) is 0. The third-order valence-corrected chi connectivity index (χ3v) is 3.45. The van der Waals surface area contributed by atoms with Crippen molar-refractivity contribution >= 4 is 32.9 Å². The molecular formula is C13H7BrFN3O2. The van der Waals surface area contributed by atoms with E-state index in [0.717, 1.165) is 6.07 Å². The summed E-state index contributed by atoms with van der Waals surface area (Å²) in [4.78, 5) is 19.3. The number of aromatic carboxylic acids is 1. The van der Waals surface area contributed by atoms with Crippen molar-refractivity contribution in [3.63, 3.8) is 0 Å². The minimum atomic E-state index is -1.20. The van der Waals surface area contributed by atoms with Crippen LogP contribution in [0.4, 0.5) is 4.39 Å². The van der Waals surface area contributed by atoms with Crippen molar-refractivity contribution in [1.29, 1.82) is 0 Å². The van der Waals surface area contributed by atoms with Crippen LogP contribution in [-0.2, 0) is 0 Å². The fourth-order valence-corrected chi connectivity index (χ4v) is 2.53. The molecule has 2 aromatic heterocycles. The lowest BCUT2D eigenvalue weighted by Gasteiger charge is -2.08. The van der Waals surface area contributed by atoms with Crippen molar-refractivity contribution in [1.82, 2.24) is 14.5 Å². The van der Waals surface area contributed by atoms with Gasteiger partial charge in [-0.1, -0.05) is 0 Å². The third-order valence-electron chi connectivity index (χ3n) is 2.87. The molecule has 0 amide bonds. The van der Waals surface area contributed by atoms with Gasteiger partial charge in [0.05, 0.1) is 27.4 Å². The average molecular weight is 336 g/mol. The molecule has 0 spiro atoms. The van der Waals surface area contributed by atoms with Crippen LogP contribution in [0.3, 0.4) is 0 Å². The van der Waals surface area contributed by atoms with E-state index in [4.69, 9.17) is 0 Å². The van der Waals surface area contributed by atoms with Crippen LogP contribution in [0.2, 0.25) is 0 Å². The van der Waals surface area contributed by atoms with E-state index in [1.54, 1.807) is 17.0 Å². The highest BCUT2D eigenvalue weighted by atomic mass is 79.9. The van der Waals surface area contributed by atoms with Gasteiger partial charge >= 0.3 is 5.97 Å². The highest BCUT2D eigenvalue weighted by Crippen LogP contribution is 2.28. The van der Waals surface area contributed by atoms with Gasteiger partial charge < -0.3 is 9.67 Å². The number of rotatable bonds is 2. The van der Waals surface area contributed by atoms with Gasteiger partial charge in [0.25, 0.3) is 0 Å². The minimum Gasteiger partial charge on any atom is -0.478 e. The summed E-state index contributed by atoms with van der Waals surface area (Å²) < 4.78 is 15.6. The van der Waals surface area contributed by atoms with Crippen LogP contribution in [0.25, 0.3) is 16.7 Å². The van der Waals surface area contributed by atoms with Crippen LogP contribution in [0, 0.1) is 5.82 Å². The number of nitrogens with zero attached hydrogens (tertiary/aromatic N) is 3. The van der Waals surface area contributed by atoms with Crippen molar-refractivity contribution in [3.8, 4) is 5.69 Å². The van der Waals surface area contributed by atoms with E-state index in [2.05, 4.69) is 25.9 Å². The topological polar surface area (TPSA) is 68.0 Å². The van der Waals surface area contributed by atoms with E-state index in [9.17, 15) is 14.3 Å². The zero-order chi connectivity index (χ0) is 14.3. The normalized spacial score (nSPS) is 10.9. The molecule has 0 unspecified atom stereocenters. The maximum atomic E-state index is 13.2. The number of hydrogen-bond acceptors (Lipinski definition) is 3. The van der Waals surface area contributed by atoms with Gasteiger partial charge in [-0.3, -0.25) is 0 Å². The van der Waals surface area contributed by atoms with Crippen molar-refractivity contribution in [2.45, 2.75) is 0 Å². The lowest BCUT2D eigenvalue weighted by Crippen LogP contribution is -2.05. The van der Waals surface area contributed by atoms with Gasteiger partial charge in [0.1, 0.15) is 17.7 Å². The van der Waals surface area contributed by atoms with Gasteiger partial charge in [0.15, 0.2) is 0 Å². The molecule has 1 aromatic carbocycles. The molecule has 0 saturated heterocycles. The van der Waals surface area contributed by atoms with Crippen LogP contribution < -0.4 is 0 Å². The fourth-order valence-electron chi connectivity index (χ4n) is 2.02. The molecule has 100 valence electrons. The molecule has 0 atom stereocenters. The molecular weight excluding hydrogens is 329 g/mol. The molecule has 0 aliphatic carbocycles. The molecule has 0 aliphatic rings. The largest absolute Gasteiger partial charge is 0.478 e. The first-order chi connectivity index (χ1) is 9.58. The molecule has 0 radical (unpaired) electrons. The molecule has 5 nitrogen and oxygen atoms in total. The van der Waals surface area contributed by atoms with Crippen molar-refractivity contribution in [2.24, 2.45) is 0 Å². The van der Waals surface area contributed by atoms with Crippen molar-refractivity contribution in [3.05, 3.63) is 52.8 Å². The summed E-state index contributed by atoms with van der Waals surface area (Å²) >= 11 is 3.36. The Hall–Kier alpha value is -2.28. The standard InChI is InChI=1S/C13H7BrFN3O2/c14-9-5-18(11-4-16-6-17-12(9)11)10-2-1-7(15)3-8(10)13(19)20/h1-6H,(H,19,20). The predicted molar refractivity (Wildman–Crippen MR) is 73.5 cm³/mol. The first-order valence-corrected chi connectivity index (χ1v) is 6.37. The highest BCUT2D eigenvalue weighted by Gasteiger charge is 2.16. The number of fused-ring (bicyclic) bond motifs is 1. The van der Waals surface area contributed by atoms with E-state index in [1.165, 1.54) is 18.5 Å². The summed E-state index contributed by atoms with van der Waals surface area (Å²) in [5, 5.41) is 9.21. The van der Waals surface area contributed by atoms with Gasteiger partial charge in [0, 0.05) is 6.20 Å². The van der Waals surface area contributed by atoms with Crippen LogP contribution in [0.5, 0.6) is 0 Å². The molecule has 0 aliphatic heterocycles. The second kappa shape index (κ2) is 4.68. The molecule has 7 heteroatoms. The number of halogens is 2. The maximum Gasteiger partial charge on any atom is 0.337 e. The number of benzene rings is 1. The Labute approximate surface area is 120 Å². The Morgan fingerprint density at radius 1 is 1.40 bits per heavy atom. The number of carboxylic acid groups (broad SMARTS) is 1. The molecule has 20 heavy (non-hydrogen) atoms. The number of hydrogen-bond donors (Lipinski definition) is 1. The van der Waals surface area contributed by atoms with Crippen LogP contribution in [-0.4, -0.2) is 25.6 Å². The van der Waals surface area contributed by atoms with E-state index in [-0.39, 0.29) is 5.56 Å². The van der Waals surface area contributed by atoms with Gasteiger partial charge in [0.2, 0.25) is 0 Å². The summed E-state index contributed by atoms with van der Waals surface area (Å²) in [6, 6.07) is 3.62. The Morgan fingerprint density at radius 2 is 2.20 bits per heavy atom. The van der Waals surface area contributed by atoms with Crippen LogP contribution in [0.1, 0.15) is 10.4 Å². The van der Waals surface area contributed by atoms with Gasteiger partial charge in [-0.2, -0.15) is 0 Å². The molecule has 2 heterocycles. The number of carbonyl (C=O) groups is 1. The quantitative estimate of drug-likeness (QED) is 0.781. The SMILES string of the molecule is O=C(O)c1cc(F)ccc1-n1cc(Br)c2ncncc21. The summed E-state index contributed by atoms with van der Waals surface area (Å²) in [6.07, 6.45) is 4.65. The highest BCUT2D eigenvalue weighted by molar-refractivity contribution is 9.10. The predicted octanol–water partition coefficient (Wildman–Crippen LogP) is 3.02. The number of aromatic nitrogens is 3. The smallest absolute Gasteiger partial charge is 0.337 e. The molecule has 3 rings (SSSR count). The molecule has 0 saturated carbocycles. The fraction of sp³-hybridized carbons (Fsp3) is 0. The first-order valence-electron chi connectivity index (χ1n) is 5.57. The zero-order valence-electron chi connectivity index (χ0n) is 9.92. The lowest BCUT2D eigenvalue weighted by molar-refractivity contribution is 0.0696. The molecule has 0 bridgehead atoms. The Balaban J connectivity index is 2.34.